The average molecular weight is 474 g/mol. The summed E-state index contributed by atoms with van der Waals surface area (Å²) in [6.45, 7) is 4.57. The van der Waals surface area contributed by atoms with E-state index in [9.17, 15) is 14.4 Å². The molecule has 0 saturated heterocycles. The number of hydrogen-bond donors (Lipinski definition) is 1. The van der Waals surface area contributed by atoms with Gasteiger partial charge in [0.1, 0.15) is 10.7 Å². The number of nitrogens with one attached hydrogen (secondary N) is 1. The van der Waals surface area contributed by atoms with E-state index in [1.807, 2.05) is 68.4 Å². The highest BCUT2D eigenvalue weighted by Crippen LogP contribution is 2.27. The van der Waals surface area contributed by atoms with Crippen molar-refractivity contribution in [3.63, 3.8) is 0 Å². The van der Waals surface area contributed by atoms with E-state index in [2.05, 4.69) is 5.32 Å². The maximum Gasteiger partial charge on any atom is 0.279 e. The Bertz CT molecular complexity index is 1270. The topological polar surface area (TPSA) is 69.7 Å². The number of amides is 3. The number of benzene rings is 3. The van der Waals surface area contributed by atoms with Gasteiger partial charge in [0.05, 0.1) is 6.54 Å². The van der Waals surface area contributed by atoms with Crippen molar-refractivity contribution in [3.8, 4) is 0 Å². The van der Waals surface area contributed by atoms with E-state index in [1.54, 1.807) is 29.2 Å². The van der Waals surface area contributed by atoms with Crippen LogP contribution >= 0.6 is 11.6 Å². The van der Waals surface area contributed by atoms with Gasteiger partial charge in [-0.1, -0.05) is 54.1 Å². The molecule has 3 aromatic carbocycles. The van der Waals surface area contributed by atoms with Crippen LogP contribution in [0.25, 0.3) is 0 Å². The van der Waals surface area contributed by atoms with Gasteiger partial charge in [-0.3, -0.25) is 19.3 Å². The third kappa shape index (κ3) is 4.72. The molecule has 34 heavy (non-hydrogen) atoms. The van der Waals surface area contributed by atoms with Gasteiger partial charge in [0.25, 0.3) is 17.7 Å². The first-order valence-corrected chi connectivity index (χ1v) is 11.3. The zero-order valence-corrected chi connectivity index (χ0v) is 19.7. The van der Waals surface area contributed by atoms with E-state index in [0.717, 1.165) is 21.7 Å². The normalized spacial score (nSPS) is 13.4. The van der Waals surface area contributed by atoms with Gasteiger partial charge in [0.2, 0.25) is 0 Å². The molecule has 3 amide bonds. The minimum absolute atomic E-state index is 0.0246. The first kappa shape index (κ1) is 23.3. The number of rotatable bonds is 7. The lowest BCUT2D eigenvalue weighted by Gasteiger charge is -2.21. The van der Waals surface area contributed by atoms with Gasteiger partial charge in [-0.25, -0.2) is 0 Å². The summed E-state index contributed by atoms with van der Waals surface area (Å²) < 4.78 is 0. The van der Waals surface area contributed by atoms with Crippen molar-refractivity contribution in [2.75, 3.05) is 16.8 Å². The lowest BCUT2D eigenvalue weighted by atomic mass is 10.1. The van der Waals surface area contributed by atoms with Crippen LogP contribution in [0.5, 0.6) is 0 Å². The van der Waals surface area contributed by atoms with Crippen LogP contribution in [0, 0.1) is 6.92 Å². The summed E-state index contributed by atoms with van der Waals surface area (Å²) in [5.41, 5.74) is 3.81. The number of hydrogen-bond acceptors (Lipinski definition) is 4. The Morgan fingerprint density at radius 1 is 0.941 bits per heavy atom. The third-order valence-electron chi connectivity index (χ3n) is 5.57. The average Bonchev–Trinajstić information content (AvgIpc) is 3.04. The van der Waals surface area contributed by atoms with Crippen LogP contribution in [0.3, 0.4) is 0 Å². The Hall–Kier alpha value is -3.90. The standard InChI is InChI=1S/C27H24ClN3O3/c1-3-30(22-11-7-8-18(2)16-22)25(32)20-12-14-21(15-13-20)29-24-23(28)26(33)31(27(24)34)17-19-9-5-4-6-10-19/h4-16,29H,3,17H2,1-2H3. The largest absolute Gasteiger partial charge is 0.350 e. The maximum absolute atomic E-state index is 13.1. The molecule has 0 aliphatic carbocycles. The minimum Gasteiger partial charge on any atom is -0.350 e. The molecule has 0 unspecified atom stereocenters. The highest BCUT2D eigenvalue weighted by molar-refractivity contribution is 6.48. The second kappa shape index (κ2) is 9.93. The molecule has 1 N–H and O–H groups in total. The van der Waals surface area contributed by atoms with Crippen molar-refractivity contribution in [1.82, 2.24) is 4.90 Å². The van der Waals surface area contributed by atoms with Gasteiger partial charge in [-0.15, -0.1) is 0 Å². The van der Waals surface area contributed by atoms with Gasteiger partial charge in [0, 0.05) is 23.5 Å². The van der Waals surface area contributed by atoms with Crippen LogP contribution in [0.2, 0.25) is 0 Å². The molecule has 1 aliphatic rings. The van der Waals surface area contributed by atoms with E-state index in [0.29, 0.717) is 17.8 Å². The number of aryl methyl sites for hydroxylation is 1. The first-order chi connectivity index (χ1) is 16.4. The second-order valence-corrected chi connectivity index (χ2v) is 8.34. The molecule has 3 aromatic rings. The minimum atomic E-state index is -0.540. The van der Waals surface area contributed by atoms with Crippen molar-refractivity contribution < 1.29 is 14.4 Å². The Morgan fingerprint density at radius 3 is 2.29 bits per heavy atom. The van der Waals surface area contributed by atoms with Crippen LogP contribution in [-0.2, 0) is 16.1 Å². The lowest BCUT2D eigenvalue weighted by molar-refractivity contribution is -0.138. The molecule has 4 rings (SSSR count). The molecule has 0 atom stereocenters. The number of halogens is 1. The molecule has 6 nitrogen and oxygen atoms in total. The zero-order valence-electron chi connectivity index (χ0n) is 18.9. The van der Waals surface area contributed by atoms with Crippen LogP contribution in [-0.4, -0.2) is 29.2 Å². The summed E-state index contributed by atoms with van der Waals surface area (Å²) in [5, 5.41) is 2.79. The number of imide groups is 1. The van der Waals surface area contributed by atoms with Crippen molar-refractivity contribution in [2.45, 2.75) is 20.4 Å². The fraction of sp³-hybridized carbons (Fsp3) is 0.148. The second-order valence-electron chi connectivity index (χ2n) is 7.96. The molecular weight excluding hydrogens is 450 g/mol. The molecule has 1 aliphatic heterocycles. The van der Waals surface area contributed by atoms with Crippen LogP contribution in [0.15, 0.2) is 89.6 Å². The quantitative estimate of drug-likeness (QED) is 0.485. The zero-order chi connectivity index (χ0) is 24.2. The SMILES string of the molecule is CCN(C(=O)c1ccc(NC2=C(Cl)C(=O)N(Cc3ccccc3)C2=O)cc1)c1cccc(C)c1. The van der Waals surface area contributed by atoms with Gasteiger partial charge < -0.3 is 10.2 Å². The summed E-state index contributed by atoms with van der Waals surface area (Å²) >= 11 is 6.20. The van der Waals surface area contributed by atoms with E-state index in [-0.39, 0.29) is 23.2 Å². The van der Waals surface area contributed by atoms with Crippen LogP contribution in [0.4, 0.5) is 11.4 Å². The van der Waals surface area contributed by atoms with E-state index >= 15 is 0 Å². The van der Waals surface area contributed by atoms with Gasteiger partial charge in [-0.2, -0.15) is 0 Å². The summed E-state index contributed by atoms with van der Waals surface area (Å²) in [5.74, 6) is -1.16. The number of nitrogens with zero attached hydrogens (tertiary/aromatic N) is 2. The van der Waals surface area contributed by atoms with Crippen molar-refractivity contribution in [2.24, 2.45) is 0 Å². The predicted molar refractivity (Wildman–Crippen MR) is 133 cm³/mol. The van der Waals surface area contributed by atoms with Gasteiger partial charge in [0.15, 0.2) is 0 Å². The maximum atomic E-state index is 13.1. The molecule has 0 saturated carbocycles. The van der Waals surface area contributed by atoms with E-state index in [4.69, 9.17) is 11.6 Å². The number of carbonyl (C=O) groups is 3. The van der Waals surface area contributed by atoms with Crippen LogP contribution in [0.1, 0.15) is 28.4 Å². The number of carbonyl (C=O) groups excluding carboxylic acids is 3. The molecule has 172 valence electrons. The molecule has 0 spiro atoms. The summed E-state index contributed by atoms with van der Waals surface area (Å²) in [6, 6.07) is 23.7. The Labute approximate surface area is 203 Å². The van der Waals surface area contributed by atoms with Crippen molar-refractivity contribution in [1.29, 1.82) is 0 Å². The van der Waals surface area contributed by atoms with Crippen molar-refractivity contribution >= 4 is 40.7 Å². The Morgan fingerprint density at radius 2 is 1.65 bits per heavy atom. The van der Waals surface area contributed by atoms with E-state index in [1.165, 1.54) is 0 Å². The molecule has 0 fully saturated rings. The Kier molecular flexibility index (Phi) is 6.80. The van der Waals surface area contributed by atoms with Gasteiger partial charge >= 0.3 is 0 Å². The molecule has 0 bridgehead atoms. The smallest absolute Gasteiger partial charge is 0.279 e. The molecule has 0 radical (unpaired) electrons. The molecule has 7 heteroatoms. The molecule has 0 aromatic heterocycles. The number of anilines is 2. The molecular formula is C27H24ClN3O3. The van der Waals surface area contributed by atoms with Crippen LogP contribution < -0.4 is 10.2 Å². The monoisotopic (exact) mass is 473 g/mol. The third-order valence-corrected chi connectivity index (χ3v) is 5.92. The Balaban J connectivity index is 1.48. The van der Waals surface area contributed by atoms with Gasteiger partial charge in [-0.05, 0) is 61.4 Å². The first-order valence-electron chi connectivity index (χ1n) is 10.9. The highest BCUT2D eigenvalue weighted by atomic mass is 35.5. The fourth-order valence-corrected chi connectivity index (χ4v) is 4.03. The predicted octanol–water partition coefficient (Wildman–Crippen LogP) is 5.09. The molecule has 1 heterocycles. The van der Waals surface area contributed by atoms with Crippen molar-refractivity contribution in [3.05, 3.63) is 106 Å². The summed E-state index contributed by atoms with van der Waals surface area (Å²) in [6.07, 6.45) is 0. The van der Waals surface area contributed by atoms with E-state index < -0.39 is 11.8 Å². The fourth-order valence-electron chi connectivity index (χ4n) is 3.80. The highest BCUT2D eigenvalue weighted by Gasteiger charge is 2.37. The summed E-state index contributed by atoms with van der Waals surface area (Å²) in [4.78, 5) is 41.3. The lowest BCUT2D eigenvalue weighted by Crippen LogP contribution is -2.31. The summed E-state index contributed by atoms with van der Waals surface area (Å²) in [7, 11) is 0.